The lowest BCUT2D eigenvalue weighted by Crippen LogP contribution is -2.49. The van der Waals surface area contributed by atoms with Crippen LogP contribution in [0, 0.1) is 16.2 Å². The normalized spacial score (nSPS) is 15.1. The van der Waals surface area contributed by atoms with Crippen molar-refractivity contribution >= 4 is 32.0 Å². The first-order valence-corrected chi connectivity index (χ1v) is 15.9. The van der Waals surface area contributed by atoms with Crippen LogP contribution in [0.4, 0.5) is 9.59 Å². The van der Waals surface area contributed by atoms with Gasteiger partial charge in [0.1, 0.15) is 6.04 Å². The highest BCUT2D eigenvalue weighted by molar-refractivity contribution is 7.52. The van der Waals surface area contributed by atoms with Gasteiger partial charge < -0.3 is 29.0 Å². The van der Waals surface area contributed by atoms with E-state index >= 15 is 0 Å². The standard InChI is InChI=1S/C29H48N3O11P/c1-10-17-38-26(35)40-23(28(3,4)5)42-44(37,43-24(29(6,7)8)41-27(36)39-18-11-2)31-25(30)32(9)21(22(33)34)19-20-15-13-12-14-16-20/h12-16,21,23-24H,10-11,17-19H2,1-9H3,(H,33,34)(H2,30,31,37). The second-order valence-corrected chi connectivity index (χ2v) is 13.8. The number of ether oxygens (including phenoxy) is 4. The molecule has 3 N–H and O–H groups in total. The summed E-state index contributed by atoms with van der Waals surface area (Å²) in [5.41, 5.74) is -1.32. The molecular weight excluding hydrogens is 597 g/mol. The van der Waals surface area contributed by atoms with Crippen molar-refractivity contribution in [1.29, 1.82) is 5.41 Å². The number of guanidine groups is 1. The number of hydrogen-bond acceptors (Lipinski definition) is 11. The minimum absolute atomic E-state index is 0.0107. The average Bonchev–Trinajstić information content (AvgIpc) is 2.91. The van der Waals surface area contributed by atoms with Gasteiger partial charge in [0, 0.05) is 24.3 Å². The molecule has 0 saturated carbocycles. The average molecular weight is 646 g/mol. The van der Waals surface area contributed by atoms with Crippen LogP contribution >= 0.6 is 7.75 Å². The Morgan fingerprint density at radius 3 is 1.68 bits per heavy atom. The second kappa shape index (κ2) is 17.2. The fraction of sp³-hybridized carbons (Fsp3) is 0.655. The highest BCUT2D eigenvalue weighted by Gasteiger charge is 2.45. The van der Waals surface area contributed by atoms with E-state index in [9.17, 15) is 24.1 Å². The van der Waals surface area contributed by atoms with Crippen LogP contribution in [-0.2, 0) is 43.8 Å². The minimum Gasteiger partial charge on any atom is -0.480 e. The van der Waals surface area contributed by atoms with Gasteiger partial charge in [-0.05, 0) is 18.4 Å². The van der Waals surface area contributed by atoms with Crippen molar-refractivity contribution < 1.29 is 52.1 Å². The monoisotopic (exact) mass is 645 g/mol. The van der Waals surface area contributed by atoms with Crippen LogP contribution in [0.2, 0.25) is 0 Å². The molecule has 3 unspecified atom stereocenters. The molecule has 250 valence electrons. The fourth-order valence-electron chi connectivity index (χ4n) is 3.25. The van der Waals surface area contributed by atoms with E-state index in [0.29, 0.717) is 18.4 Å². The van der Waals surface area contributed by atoms with Gasteiger partial charge in [0.05, 0.1) is 13.2 Å². The molecule has 1 aromatic carbocycles. The number of nitrogens with one attached hydrogen (secondary N) is 2. The van der Waals surface area contributed by atoms with E-state index in [2.05, 4.69) is 5.09 Å². The van der Waals surface area contributed by atoms with E-state index in [0.717, 1.165) is 4.90 Å². The summed E-state index contributed by atoms with van der Waals surface area (Å²) in [7, 11) is -3.51. The molecule has 0 aliphatic rings. The summed E-state index contributed by atoms with van der Waals surface area (Å²) in [6.07, 6.45) is -4.25. The highest BCUT2D eigenvalue weighted by atomic mass is 31.2. The van der Waals surface area contributed by atoms with Gasteiger partial charge in [0.2, 0.25) is 18.5 Å². The summed E-state index contributed by atoms with van der Waals surface area (Å²) < 4.78 is 46.7. The number of likely N-dealkylation sites (N-methyl/N-ethyl adjacent to an activating group) is 1. The molecule has 0 aliphatic heterocycles. The summed E-state index contributed by atoms with van der Waals surface area (Å²) in [5, 5.41) is 21.0. The SMILES string of the molecule is CCCOC(=O)OC(OP(=O)(NC(=N)N(C)C(Cc1ccccc1)C(=O)O)OC(OC(=O)OCCC)C(C)(C)C)C(C)(C)C. The van der Waals surface area contributed by atoms with Gasteiger partial charge in [-0.3, -0.25) is 19.5 Å². The summed E-state index contributed by atoms with van der Waals surface area (Å²) in [5.74, 6) is -1.90. The first kappa shape index (κ1) is 38.7. The van der Waals surface area contributed by atoms with Crippen molar-refractivity contribution in [1.82, 2.24) is 9.99 Å². The molecule has 1 rings (SSSR count). The topological polar surface area (TPSA) is 183 Å². The van der Waals surface area contributed by atoms with Crippen LogP contribution < -0.4 is 5.09 Å². The van der Waals surface area contributed by atoms with Crippen LogP contribution in [0.15, 0.2) is 30.3 Å². The summed E-state index contributed by atoms with van der Waals surface area (Å²) >= 11 is 0. The molecular formula is C29H48N3O11P. The molecule has 15 heteroatoms. The quantitative estimate of drug-likeness (QED) is 0.0649. The van der Waals surface area contributed by atoms with E-state index in [4.69, 9.17) is 33.4 Å². The molecule has 3 atom stereocenters. The summed E-state index contributed by atoms with van der Waals surface area (Å²) in [6.45, 7) is 13.5. The third-order valence-corrected chi connectivity index (χ3v) is 7.18. The Morgan fingerprint density at radius 2 is 1.32 bits per heavy atom. The van der Waals surface area contributed by atoms with Gasteiger partial charge in [0.15, 0.2) is 0 Å². The Hall–Kier alpha value is -3.35. The lowest BCUT2D eigenvalue weighted by Gasteiger charge is -2.37. The Morgan fingerprint density at radius 1 is 0.886 bits per heavy atom. The van der Waals surface area contributed by atoms with Crippen molar-refractivity contribution in [3.8, 4) is 0 Å². The Kier molecular flexibility index (Phi) is 15.1. The van der Waals surface area contributed by atoms with Crippen LogP contribution in [0.1, 0.15) is 73.8 Å². The number of rotatable bonds is 15. The van der Waals surface area contributed by atoms with Gasteiger partial charge >= 0.3 is 26.0 Å². The molecule has 0 heterocycles. The summed E-state index contributed by atoms with van der Waals surface area (Å²) in [4.78, 5) is 38.0. The molecule has 0 saturated heterocycles. The number of benzene rings is 1. The molecule has 0 aromatic heterocycles. The maximum Gasteiger partial charge on any atom is 0.510 e. The third-order valence-electron chi connectivity index (χ3n) is 5.76. The number of aliphatic carboxylic acids is 1. The van der Waals surface area contributed by atoms with Crippen LogP contribution in [0.5, 0.6) is 0 Å². The lowest BCUT2D eigenvalue weighted by molar-refractivity contribution is -0.153. The molecule has 0 amide bonds. The van der Waals surface area contributed by atoms with E-state index in [1.54, 1.807) is 85.7 Å². The second-order valence-electron chi connectivity index (χ2n) is 12.2. The van der Waals surface area contributed by atoms with Gasteiger partial charge in [-0.1, -0.05) is 85.7 Å². The van der Waals surface area contributed by atoms with Crippen molar-refractivity contribution in [2.75, 3.05) is 20.3 Å². The molecule has 0 fully saturated rings. The van der Waals surface area contributed by atoms with Crippen LogP contribution in [-0.4, -0.2) is 73.1 Å². The molecule has 1 aromatic rings. The Balaban J connectivity index is 3.47. The fourth-order valence-corrected chi connectivity index (χ4v) is 5.04. The minimum atomic E-state index is -4.83. The number of carboxylic acids is 1. The number of carboxylic acid groups (broad SMARTS) is 1. The highest BCUT2D eigenvalue weighted by Crippen LogP contribution is 2.51. The molecule has 0 spiro atoms. The first-order chi connectivity index (χ1) is 20.3. The lowest BCUT2D eigenvalue weighted by atomic mass is 9.96. The van der Waals surface area contributed by atoms with E-state index < -0.39 is 61.4 Å². The molecule has 0 radical (unpaired) electrons. The predicted molar refractivity (Wildman–Crippen MR) is 162 cm³/mol. The van der Waals surface area contributed by atoms with Crippen molar-refractivity contribution in [3.05, 3.63) is 35.9 Å². The van der Waals surface area contributed by atoms with Gasteiger partial charge in [-0.2, -0.15) is 0 Å². The molecule has 0 aliphatic carbocycles. The van der Waals surface area contributed by atoms with Gasteiger partial charge in [-0.15, -0.1) is 0 Å². The van der Waals surface area contributed by atoms with Crippen LogP contribution in [0.25, 0.3) is 0 Å². The molecule has 44 heavy (non-hydrogen) atoms. The predicted octanol–water partition coefficient (Wildman–Crippen LogP) is 6.15. The summed E-state index contributed by atoms with van der Waals surface area (Å²) in [6, 6.07) is 7.51. The van der Waals surface area contributed by atoms with E-state index in [1.165, 1.54) is 7.05 Å². The zero-order valence-corrected chi connectivity index (χ0v) is 28.0. The zero-order valence-electron chi connectivity index (χ0n) is 27.1. The number of nitrogens with zero attached hydrogens (tertiary/aromatic N) is 1. The van der Waals surface area contributed by atoms with E-state index in [1.807, 2.05) is 0 Å². The number of carbonyl (C=O) groups is 3. The molecule has 0 bridgehead atoms. The van der Waals surface area contributed by atoms with Crippen molar-refractivity contribution in [2.45, 2.75) is 93.3 Å². The number of hydrogen-bond donors (Lipinski definition) is 3. The Labute approximate surface area is 259 Å². The Bertz CT molecular complexity index is 1090. The van der Waals surface area contributed by atoms with Crippen LogP contribution in [0.3, 0.4) is 0 Å². The van der Waals surface area contributed by atoms with Gasteiger partial charge in [-0.25, -0.2) is 18.9 Å². The van der Waals surface area contributed by atoms with E-state index in [-0.39, 0.29) is 19.6 Å². The third kappa shape index (κ3) is 13.5. The maximum absolute atomic E-state index is 14.4. The van der Waals surface area contributed by atoms with Crippen molar-refractivity contribution in [2.24, 2.45) is 10.8 Å². The zero-order chi connectivity index (χ0) is 33.7. The first-order valence-electron chi connectivity index (χ1n) is 14.3. The van der Waals surface area contributed by atoms with Crippen molar-refractivity contribution in [3.63, 3.8) is 0 Å². The maximum atomic E-state index is 14.4. The number of carbonyl (C=O) groups excluding carboxylic acids is 2. The molecule has 14 nitrogen and oxygen atoms in total. The van der Waals surface area contributed by atoms with Gasteiger partial charge in [0.25, 0.3) is 0 Å². The largest absolute Gasteiger partial charge is 0.510 e. The smallest absolute Gasteiger partial charge is 0.480 e.